The van der Waals surface area contributed by atoms with E-state index in [4.69, 9.17) is 5.11 Å². The summed E-state index contributed by atoms with van der Waals surface area (Å²) in [6.45, 7) is 0. The largest absolute Gasteiger partial charge is 0.473 e. The van der Waals surface area contributed by atoms with Crippen LogP contribution in [0.5, 0.6) is 0 Å². The van der Waals surface area contributed by atoms with Crippen LogP contribution < -0.4 is 0 Å². The van der Waals surface area contributed by atoms with Crippen LogP contribution in [0.4, 0.5) is 4.79 Å². The number of fused-ring (bicyclic) bond motifs is 1. The summed E-state index contributed by atoms with van der Waals surface area (Å²) in [5, 5.41) is 9.92. The Bertz CT molecular complexity index is 479. The molecule has 2 aromatic carbocycles. The minimum absolute atomic E-state index is 0.760. The monoisotopic (exact) mass is 204 g/mol. The van der Waals surface area contributed by atoms with Gasteiger partial charge >= 0.3 is 5.30 Å². The second-order valence-corrected chi connectivity index (χ2v) is 3.90. The van der Waals surface area contributed by atoms with Gasteiger partial charge in [0.15, 0.2) is 0 Å². The third-order valence-electron chi connectivity index (χ3n) is 1.93. The first kappa shape index (κ1) is 9.09. The van der Waals surface area contributed by atoms with E-state index in [1.165, 1.54) is 0 Å². The van der Waals surface area contributed by atoms with E-state index >= 15 is 0 Å². The second kappa shape index (κ2) is 3.72. The molecular weight excluding hydrogens is 196 g/mol. The van der Waals surface area contributed by atoms with Crippen LogP contribution in [0, 0.1) is 0 Å². The first-order chi connectivity index (χ1) is 6.75. The third kappa shape index (κ3) is 1.88. The number of benzene rings is 2. The van der Waals surface area contributed by atoms with E-state index in [0.29, 0.717) is 0 Å². The average molecular weight is 204 g/mol. The summed E-state index contributed by atoms with van der Waals surface area (Å²) < 4.78 is 0. The summed E-state index contributed by atoms with van der Waals surface area (Å²) in [4.78, 5) is 11.2. The summed E-state index contributed by atoms with van der Waals surface area (Å²) >= 11 is 0.830. The van der Waals surface area contributed by atoms with Crippen LogP contribution in [0.25, 0.3) is 10.8 Å². The van der Waals surface area contributed by atoms with Crippen molar-refractivity contribution in [1.82, 2.24) is 0 Å². The predicted octanol–water partition coefficient (Wildman–Crippen LogP) is 3.61. The summed E-state index contributed by atoms with van der Waals surface area (Å²) in [7, 11) is 0. The van der Waals surface area contributed by atoms with Crippen LogP contribution in [-0.2, 0) is 0 Å². The van der Waals surface area contributed by atoms with Crippen LogP contribution in [0.1, 0.15) is 0 Å². The van der Waals surface area contributed by atoms with Crippen molar-refractivity contribution in [2.45, 2.75) is 4.90 Å². The molecular formula is C11H8O2S. The SMILES string of the molecule is O=C(O)Sc1ccc2ccccc2c1. The molecule has 70 valence electrons. The van der Waals surface area contributed by atoms with E-state index in [9.17, 15) is 4.79 Å². The lowest BCUT2D eigenvalue weighted by Crippen LogP contribution is -1.82. The maximum Gasteiger partial charge on any atom is 0.369 e. The van der Waals surface area contributed by atoms with Gasteiger partial charge in [-0.25, -0.2) is 4.79 Å². The van der Waals surface area contributed by atoms with Crippen LogP contribution in [0.3, 0.4) is 0 Å². The molecule has 2 rings (SSSR count). The zero-order valence-corrected chi connectivity index (χ0v) is 8.12. The molecule has 0 atom stereocenters. The summed E-state index contributed by atoms with van der Waals surface area (Å²) in [5.74, 6) is 0. The fraction of sp³-hybridized carbons (Fsp3) is 0. The predicted molar refractivity (Wildman–Crippen MR) is 57.8 cm³/mol. The van der Waals surface area contributed by atoms with Gasteiger partial charge in [-0.1, -0.05) is 30.3 Å². The van der Waals surface area contributed by atoms with Gasteiger partial charge in [0.1, 0.15) is 0 Å². The zero-order valence-electron chi connectivity index (χ0n) is 7.31. The molecule has 2 nitrogen and oxygen atoms in total. The second-order valence-electron chi connectivity index (χ2n) is 2.88. The first-order valence-corrected chi connectivity index (χ1v) is 4.97. The molecule has 0 aromatic heterocycles. The minimum atomic E-state index is -0.875. The van der Waals surface area contributed by atoms with E-state index < -0.39 is 5.30 Å². The molecule has 3 heteroatoms. The molecule has 0 bridgehead atoms. The van der Waals surface area contributed by atoms with Crippen molar-refractivity contribution in [2.75, 3.05) is 0 Å². The zero-order chi connectivity index (χ0) is 9.97. The molecule has 2 aromatic rings. The summed E-state index contributed by atoms with van der Waals surface area (Å²) in [6, 6.07) is 13.5. The number of thioether (sulfide) groups is 1. The van der Waals surface area contributed by atoms with Crippen LogP contribution in [0.2, 0.25) is 0 Å². The van der Waals surface area contributed by atoms with Gasteiger partial charge in [-0.15, -0.1) is 0 Å². The Labute approximate surface area is 85.6 Å². The minimum Gasteiger partial charge on any atom is -0.473 e. The van der Waals surface area contributed by atoms with Crippen LogP contribution in [0.15, 0.2) is 47.4 Å². The molecule has 0 amide bonds. The lowest BCUT2D eigenvalue weighted by molar-refractivity contribution is 0.222. The highest BCUT2D eigenvalue weighted by Gasteiger charge is 2.01. The summed E-state index contributed by atoms with van der Waals surface area (Å²) in [6.07, 6.45) is 0. The highest BCUT2D eigenvalue weighted by atomic mass is 32.2. The molecule has 0 aliphatic heterocycles. The van der Waals surface area contributed by atoms with Gasteiger partial charge in [0.05, 0.1) is 0 Å². The molecule has 0 heterocycles. The van der Waals surface area contributed by atoms with Crippen molar-refractivity contribution in [3.8, 4) is 0 Å². The number of rotatable bonds is 1. The molecule has 0 spiro atoms. The fourth-order valence-corrected chi connectivity index (χ4v) is 1.86. The Hall–Kier alpha value is -1.48. The number of carboxylic acid groups (broad SMARTS) is 1. The van der Waals surface area contributed by atoms with Gasteiger partial charge in [0, 0.05) is 4.90 Å². The van der Waals surface area contributed by atoms with Crippen molar-refractivity contribution in [1.29, 1.82) is 0 Å². The highest BCUT2D eigenvalue weighted by molar-refractivity contribution is 8.13. The fourth-order valence-electron chi connectivity index (χ4n) is 1.33. The average Bonchev–Trinajstić information content (AvgIpc) is 2.17. The topological polar surface area (TPSA) is 37.3 Å². The van der Waals surface area contributed by atoms with Gasteiger partial charge in [-0.3, -0.25) is 0 Å². The molecule has 0 radical (unpaired) electrons. The van der Waals surface area contributed by atoms with Crippen molar-refractivity contribution >= 4 is 27.8 Å². The van der Waals surface area contributed by atoms with Crippen molar-refractivity contribution in [3.63, 3.8) is 0 Å². The Balaban J connectivity index is 2.46. The molecule has 14 heavy (non-hydrogen) atoms. The van der Waals surface area contributed by atoms with Crippen molar-refractivity contribution < 1.29 is 9.90 Å². The quantitative estimate of drug-likeness (QED) is 0.721. The van der Waals surface area contributed by atoms with Gasteiger partial charge < -0.3 is 5.11 Å². The summed E-state index contributed by atoms with van der Waals surface area (Å²) in [5.41, 5.74) is 0. The van der Waals surface area contributed by atoms with Crippen LogP contribution >= 0.6 is 11.8 Å². The molecule has 0 saturated heterocycles. The maximum absolute atomic E-state index is 10.5. The number of hydrogen-bond donors (Lipinski definition) is 1. The van der Waals surface area contributed by atoms with Gasteiger partial charge in [0.25, 0.3) is 0 Å². The first-order valence-electron chi connectivity index (χ1n) is 4.15. The number of carbonyl (C=O) groups is 1. The van der Waals surface area contributed by atoms with E-state index in [1.54, 1.807) is 0 Å². The number of hydrogen-bond acceptors (Lipinski definition) is 2. The van der Waals surface area contributed by atoms with E-state index in [0.717, 1.165) is 27.4 Å². The van der Waals surface area contributed by atoms with Gasteiger partial charge in [-0.05, 0) is 34.7 Å². The molecule has 0 saturated carbocycles. The third-order valence-corrected chi connectivity index (χ3v) is 2.59. The van der Waals surface area contributed by atoms with Gasteiger partial charge in [-0.2, -0.15) is 0 Å². The molecule has 0 fully saturated rings. The smallest absolute Gasteiger partial charge is 0.369 e. The molecule has 0 aliphatic rings. The van der Waals surface area contributed by atoms with Crippen molar-refractivity contribution in [3.05, 3.63) is 42.5 Å². The Morgan fingerprint density at radius 1 is 1.07 bits per heavy atom. The van der Waals surface area contributed by atoms with Crippen LogP contribution in [-0.4, -0.2) is 10.4 Å². The molecule has 0 aliphatic carbocycles. The van der Waals surface area contributed by atoms with E-state index in [1.807, 2.05) is 42.5 Å². The Kier molecular flexibility index (Phi) is 2.41. The Morgan fingerprint density at radius 3 is 2.50 bits per heavy atom. The lowest BCUT2D eigenvalue weighted by Gasteiger charge is -1.99. The molecule has 1 N–H and O–H groups in total. The normalized spacial score (nSPS) is 10.3. The lowest BCUT2D eigenvalue weighted by atomic mass is 10.1. The molecule has 0 unspecified atom stereocenters. The van der Waals surface area contributed by atoms with Crippen molar-refractivity contribution in [2.24, 2.45) is 0 Å². The van der Waals surface area contributed by atoms with Gasteiger partial charge in [0.2, 0.25) is 0 Å². The maximum atomic E-state index is 10.5. The van der Waals surface area contributed by atoms with E-state index in [-0.39, 0.29) is 0 Å². The standard InChI is InChI=1S/C11H8O2S/c12-11(13)14-10-6-5-8-3-1-2-4-9(8)7-10/h1-7H,(H,12,13). The highest BCUT2D eigenvalue weighted by Crippen LogP contribution is 2.23. The van der Waals surface area contributed by atoms with E-state index in [2.05, 4.69) is 0 Å². The Morgan fingerprint density at radius 2 is 1.79 bits per heavy atom.